The lowest BCUT2D eigenvalue weighted by Crippen LogP contribution is -2.31. The maximum atomic E-state index is 12.0. The van der Waals surface area contributed by atoms with E-state index in [0.29, 0.717) is 16.6 Å². The maximum absolute atomic E-state index is 12.0. The summed E-state index contributed by atoms with van der Waals surface area (Å²) in [6.45, 7) is 2.23. The number of carbonyl (C=O) groups excluding carboxylic acids is 1. The summed E-state index contributed by atoms with van der Waals surface area (Å²) < 4.78 is 12.7. The van der Waals surface area contributed by atoms with E-state index in [9.17, 15) is 9.00 Å². The van der Waals surface area contributed by atoms with Crippen LogP contribution in [0, 0.1) is 0 Å². The summed E-state index contributed by atoms with van der Waals surface area (Å²) in [5.74, 6) is 0.0967. The van der Waals surface area contributed by atoms with Crippen LogP contribution in [-0.2, 0) is 15.6 Å². The number of thiophene rings is 1. The zero-order valence-electron chi connectivity index (χ0n) is 11.5. The van der Waals surface area contributed by atoms with Crippen LogP contribution in [-0.4, -0.2) is 22.4 Å². The molecule has 1 amide bonds. The SMILES string of the molecule is CC(C(=O)NCCS(=O)c1ccccc1)c1ccc(Cl)s1. The van der Waals surface area contributed by atoms with Gasteiger partial charge in [0.05, 0.1) is 21.1 Å². The average molecular weight is 342 g/mol. The second-order valence-corrected chi connectivity index (χ2v) is 7.83. The van der Waals surface area contributed by atoms with Gasteiger partial charge >= 0.3 is 0 Å². The molecular formula is C15H16ClNO2S2. The first-order valence-corrected chi connectivity index (χ1v) is 9.05. The summed E-state index contributed by atoms with van der Waals surface area (Å²) in [4.78, 5) is 13.7. The molecule has 0 aliphatic carbocycles. The van der Waals surface area contributed by atoms with Crippen molar-refractivity contribution in [2.24, 2.45) is 0 Å². The topological polar surface area (TPSA) is 46.2 Å². The Morgan fingerprint density at radius 1 is 1.29 bits per heavy atom. The van der Waals surface area contributed by atoms with Gasteiger partial charge in [-0.3, -0.25) is 9.00 Å². The van der Waals surface area contributed by atoms with E-state index < -0.39 is 10.8 Å². The highest BCUT2D eigenvalue weighted by Crippen LogP contribution is 2.27. The number of carbonyl (C=O) groups is 1. The first-order chi connectivity index (χ1) is 10.1. The Morgan fingerprint density at radius 2 is 2.00 bits per heavy atom. The zero-order valence-corrected chi connectivity index (χ0v) is 13.9. The van der Waals surface area contributed by atoms with Crippen molar-refractivity contribution in [3.63, 3.8) is 0 Å². The van der Waals surface area contributed by atoms with Crippen LogP contribution >= 0.6 is 22.9 Å². The molecule has 0 saturated carbocycles. The van der Waals surface area contributed by atoms with Gasteiger partial charge in [-0.05, 0) is 31.2 Å². The van der Waals surface area contributed by atoms with E-state index in [1.165, 1.54) is 11.3 Å². The minimum absolute atomic E-state index is 0.0708. The fraction of sp³-hybridized carbons (Fsp3) is 0.267. The molecule has 1 N–H and O–H groups in total. The van der Waals surface area contributed by atoms with E-state index in [-0.39, 0.29) is 11.8 Å². The Hall–Kier alpha value is -1.17. The van der Waals surface area contributed by atoms with Crippen LogP contribution in [0.5, 0.6) is 0 Å². The standard InChI is InChI=1S/C15H16ClNO2S2/c1-11(13-7-8-14(16)20-13)15(18)17-9-10-21(19)12-5-3-2-4-6-12/h2-8,11H,9-10H2,1H3,(H,17,18). The Balaban J connectivity index is 1.80. The van der Waals surface area contributed by atoms with Gasteiger partial charge in [0.2, 0.25) is 5.91 Å². The van der Waals surface area contributed by atoms with Crippen molar-refractivity contribution >= 4 is 39.6 Å². The van der Waals surface area contributed by atoms with Gasteiger partial charge in [0.1, 0.15) is 0 Å². The summed E-state index contributed by atoms with van der Waals surface area (Å²) in [7, 11) is -1.09. The molecule has 21 heavy (non-hydrogen) atoms. The molecule has 0 fully saturated rings. The van der Waals surface area contributed by atoms with Crippen molar-refractivity contribution in [1.29, 1.82) is 0 Å². The van der Waals surface area contributed by atoms with E-state index >= 15 is 0 Å². The summed E-state index contributed by atoms with van der Waals surface area (Å²) in [6.07, 6.45) is 0. The molecule has 1 heterocycles. The van der Waals surface area contributed by atoms with E-state index in [0.717, 1.165) is 9.77 Å². The molecule has 6 heteroatoms. The number of benzene rings is 1. The average Bonchev–Trinajstić information content (AvgIpc) is 2.93. The van der Waals surface area contributed by atoms with Gasteiger partial charge in [-0.2, -0.15) is 0 Å². The summed E-state index contributed by atoms with van der Waals surface area (Å²) in [5.41, 5.74) is 0. The van der Waals surface area contributed by atoms with Crippen LogP contribution in [0.25, 0.3) is 0 Å². The maximum Gasteiger partial charge on any atom is 0.228 e. The van der Waals surface area contributed by atoms with E-state index in [4.69, 9.17) is 11.6 Å². The number of nitrogens with one attached hydrogen (secondary N) is 1. The predicted molar refractivity (Wildman–Crippen MR) is 88.5 cm³/mol. The Morgan fingerprint density at radius 3 is 2.62 bits per heavy atom. The second-order valence-electron chi connectivity index (χ2n) is 4.52. The van der Waals surface area contributed by atoms with Crippen LogP contribution in [0.2, 0.25) is 4.34 Å². The molecule has 0 radical (unpaired) electrons. The largest absolute Gasteiger partial charge is 0.355 e. The van der Waals surface area contributed by atoms with E-state index in [1.807, 2.05) is 43.3 Å². The third-order valence-electron chi connectivity index (χ3n) is 3.01. The number of halogens is 1. The van der Waals surface area contributed by atoms with Crippen LogP contribution in [0.1, 0.15) is 17.7 Å². The minimum Gasteiger partial charge on any atom is -0.355 e. The molecule has 112 valence electrons. The molecule has 0 spiro atoms. The molecule has 2 unspecified atom stereocenters. The molecule has 0 bridgehead atoms. The predicted octanol–water partition coefficient (Wildman–Crippen LogP) is 3.43. The number of hydrogen-bond donors (Lipinski definition) is 1. The smallest absolute Gasteiger partial charge is 0.228 e. The monoisotopic (exact) mass is 341 g/mol. The van der Waals surface area contributed by atoms with Gasteiger partial charge in [0.25, 0.3) is 0 Å². The van der Waals surface area contributed by atoms with Crippen LogP contribution in [0.3, 0.4) is 0 Å². The molecule has 1 aromatic heterocycles. The van der Waals surface area contributed by atoms with Crippen molar-refractivity contribution in [1.82, 2.24) is 5.32 Å². The highest BCUT2D eigenvalue weighted by Gasteiger charge is 2.16. The summed E-state index contributed by atoms with van der Waals surface area (Å²) >= 11 is 7.27. The molecule has 2 atom stereocenters. The van der Waals surface area contributed by atoms with Gasteiger partial charge in [0, 0.05) is 22.1 Å². The summed E-state index contributed by atoms with van der Waals surface area (Å²) in [5, 5.41) is 2.82. The van der Waals surface area contributed by atoms with Gasteiger partial charge in [0.15, 0.2) is 0 Å². The molecule has 3 nitrogen and oxygen atoms in total. The Labute approximate surface area is 135 Å². The lowest BCUT2D eigenvalue weighted by atomic mass is 10.1. The summed E-state index contributed by atoms with van der Waals surface area (Å²) in [6, 6.07) is 12.9. The Kier molecular flexibility index (Phi) is 5.96. The number of rotatable bonds is 6. The zero-order chi connectivity index (χ0) is 15.2. The minimum atomic E-state index is -1.09. The van der Waals surface area contributed by atoms with Crippen LogP contribution in [0.15, 0.2) is 47.4 Å². The number of hydrogen-bond acceptors (Lipinski definition) is 3. The fourth-order valence-corrected chi connectivity index (χ4v) is 3.90. The van der Waals surface area contributed by atoms with Crippen molar-refractivity contribution in [2.45, 2.75) is 17.7 Å². The lowest BCUT2D eigenvalue weighted by molar-refractivity contribution is -0.122. The first kappa shape index (κ1) is 16.2. The Bertz CT molecular complexity index is 628. The van der Waals surface area contributed by atoms with E-state index in [1.54, 1.807) is 6.07 Å². The second kappa shape index (κ2) is 7.73. The molecule has 2 aromatic rings. The third kappa shape index (κ3) is 4.66. The molecule has 0 saturated heterocycles. The third-order valence-corrected chi connectivity index (χ3v) is 5.79. The molecule has 2 rings (SSSR count). The van der Waals surface area contributed by atoms with Gasteiger partial charge in [-0.1, -0.05) is 29.8 Å². The molecule has 1 aromatic carbocycles. The lowest BCUT2D eigenvalue weighted by Gasteiger charge is -2.10. The molecular weight excluding hydrogens is 326 g/mol. The normalized spacial score (nSPS) is 13.6. The highest BCUT2D eigenvalue weighted by molar-refractivity contribution is 7.85. The van der Waals surface area contributed by atoms with Crippen LogP contribution < -0.4 is 5.32 Å². The van der Waals surface area contributed by atoms with E-state index in [2.05, 4.69) is 5.32 Å². The van der Waals surface area contributed by atoms with Crippen molar-refractivity contribution in [2.75, 3.05) is 12.3 Å². The van der Waals surface area contributed by atoms with Gasteiger partial charge in [-0.25, -0.2) is 0 Å². The van der Waals surface area contributed by atoms with Gasteiger partial charge in [-0.15, -0.1) is 11.3 Å². The quantitative estimate of drug-likeness (QED) is 0.875. The molecule has 0 aliphatic heterocycles. The van der Waals surface area contributed by atoms with Crippen molar-refractivity contribution in [3.8, 4) is 0 Å². The number of amides is 1. The first-order valence-electron chi connectivity index (χ1n) is 6.54. The fourth-order valence-electron chi connectivity index (χ4n) is 1.80. The van der Waals surface area contributed by atoms with Gasteiger partial charge < -0.3 is 5.32 Å². The van der Waals surface area contributed by atoms with Crippen molar-refractivity contribution < 1.29 is 9.00 Å². The van der Waals surface area contributed by atoms with Crippen molar-refractivity contribution in [3.05, 3.63) is 51.7 Å². The van der Waals surface area contributed by atoms with Crippen LogP contribution in [0.4, 0.5) is 0 Å². The molecule has 0 aliphatic rings. The highest BCUT2D eigenvalue weighted by atomic mass is 35.5.